The minimum atomic E-state index is -2.71. The van der Waals surface area contributed by atoms with E-state index in [1.54, 1.807) is 38.4 Å². The number of nitrogens with one attached hydrogen (secondary N) is 1. The van der Waals surface area contributed by atoms with E-state index in [1.807, 2.05) is 0 Å². The molecule has 228 valence electrons. The van der Waals surface area contributed by atoms with Gasteiger partial charge in [0.1, 0.15) is 28.6 Å². The lowest BCUT2D eigenvalue weighted by Crippen LogP contribution is -2.65. The van der Waals surface area contributed by atoms with Gasteiger partial charge in [-0.15, -0.1) is 0 Å². The first-order valence-electron chi connectivity index (χ1n) is 13.9. The van der Waals surface area contributed by atoms with Crippen LogP contribution in [0, 0.1) is 11.8 Å². The van der Waals surface area contributed by atoms with E-state index in [0.29, 0.717) is 41.1 Å². The van der Waals surface area contributed by atoms with Gasteiger partial charge < -0.3 is 36.2 Å². The number of phenols is 1. The van der Waals surface area contributed by atoms with Gasteiger partial charge in [-0.05, 0) is 74.7 Å². The highest BCUT2D eigenvalue weighted by atomic mass is 19.1. The van der Waals surface area contributed by atoms with E-state index >= 15 is 0 Å². The second-order valence-electron chi connectivity index (χ2n) is 11.3. The fourth-order valence-corrected chi connectivity index (χ4v) is 6.82. The number of amides is 1. The maximum atomic E-state index is 14.0. The number of carbonyl (C=O) groups excluding carboxylic acids is 3. The molecule has 0 spiro atoms. The number of phenolic OH excluding ortho intramolecular Hbond substituents is 1. The fraction of sp³-hybridized carbons (Fsp3) is 0.387. The number of ether oxygens (including phenoxy) is 1. The number of fused-ring (bicyclic) bond motifs is 3. The highest BCUT2D eigenvalue weighted by Crippen LogP contribution is 2.54. The van der Waals surface area contributed by atoms with Gasteiger partial charge in [0, 0.05) is 29.3 Å². The molecule has 12 heteroatoms. The Hall–Kier alpha value is -4.42. The lowest BCUT2D eigenvalue weighted by molar-refractivity contribution is -0.153. The topological polar surface area (TPSA) is 183 Å². The summed E-state index contributed by atoms with van der Waals surface area (Å²) in [5.41, 5.74) is 3.97. The summed E-state index contributed by atoms with van der Waals surface area (Å²) in [6.45, 7) is -0.0643. The number of aromatic hydroxyl groups is 1. The lowest BCUT2D eigenvalue weighted by Gasteiger charge is -2.50. The van der Waals surface area contributed by atoms with Crippen LogP contribution in [0.1, 0.15) is 24.0 Å². The molecule has 0 heterocycles. The fourth-order valence-electron chi connectivity index (χ4n) is 6.82. The second kappa shape index (κ2) is 11.0. The third-order valence-corrected chi connectivity index (χ3v) is 8.73. The molecule has 3 aliphatic carbocycles. The van der Waals surface area contributed by atoms with Gasteiger partial charge in [-0.2, -0.15) is 0 Å². The van der Waals surface area contributed by atoms with Crippen molar-refractivity contribution in [3.05, 3.63) is 58.4 Å². The predicted molar refractivity (Wildman–Crippen MR) is 155 cm³/mol. The summed E-state index contributed by atoms with van der Waals surface area (Å²) in [4.78, 5) is 41.0. The second-order valence-corrected chi connectivity index (χ2v) is 11.3. The molecule has 1 saturated carbocycles. The highest BCUT2D eigenvalue weighted by molar-refractivity contribution is 6.24. The van der Waals surface area contributed by atoms with Gasteiger partial charge >= 0.3 is 0 Å². The van der Waals surface area contributed by atoms with E-state index in [2.05, 4.69) is 5.32 Å². The zero-order valence-electron chi connectivity index (χ0n) is 24.0. The maximum Gasteiger partial charge on any atom is 0.255 e. The summed E-state index contributed by atoms with van der Waals surface area (Å²) in [5, 5.41) is 48.4. The Kier molecular flexibility index (Phi) is 7.69. The van der Waals surface area contributed by atoms with Crippen molar-refractivity contribution >= 4 is 28.9 Å². The minimum absolute atomic E-state index is 0.0216. The number of anilines is 1. The number of methoxy groups -OCH3 is 1. The number of aliphatic hydroxyl groups is 3. The van der Waals surface area contributed by atoms with Crippen LogP contribution in [0.25, 0.3) is 16.9 Å². The highest BCUT2D eigenvalue weighted by Gasteiger charge is 2.64. The van der Waals surface area contributed by atoms with Gasteiger partial charge in [0.2, 0.25) is 5.78 Å². The van der Waals surface area contributed by atoms with Gasteiger partial charge in [0.05, 0.1) is 25.4 Å². The van der Waals surface area contributed by atoms with Crippen molar-refractivity contribution in [2.45, 2.75) is 30.9 Å². The van der Waals surface area contributed by atoms with Crippen molar-refractivity contribution in [1.82, 2.24) is 4.90 Å². The van der Waals surface area contributed by atoms with Gasteiger partial charge in [-0.1, -0.05) is 6.07 Å². The molecule has 1 amide bonds. The molecule has 3 aliphatic rings. The molecular weight excluding hydrogens is 561 g/mol. The SMILES string of the molecule is COc1ccc(NCCCF)cc1-c1ccc(O)c2c1CC1CC3C(N(C)C)C(=O)C(C(N)=O)=C(O)C3(O)C(=O)C1=C2O. The van der Waals surface area contributed by atoms with Crippen LogP contribution in [0.3, 0.4) is 0 Å². The van der Waals surface area contributed by atoms with Crippen LogP contribution < -0.4 is 15.8 Å². The number of nitrogens with two attached hydrogens (primary N) is 1. The summed E-state index contributed by atoms with van der Waals surface area (Å²) in [7, 11) is 4.59. The molecule has 4 atom stereocenters. The number of Topliss-reactive ketones (excluding diaryl/α,β-unsaturated/α-hetero) is 2. The average Bonchev–Trinajstić information content (AvgIpc) is 2.95. The summed E-state index contributed by atoms with van der Waals surface area (Å²) in [6, 6.07) is 7.18. The normalized spacial score (nSPS) is 24.9. The molecule has 0 bridgehead atoms. The van der Waals surface area contributed by atoms with Crippen LogP contribution in [0.2, 0.25) is 0 Å². The zero-order valence-corrected chi connectivity index (χ0v) is 24.0. The first-order valence-corrected chi connectivity index (χ1v) is 13.9. The monoisotopic (exact) mass is 595 g/mol. The van der Waals surface area contributed by atoms with E-state index in [0.717, 1.165) is 0 Å². The minimum Gasteiger partial charge on any atom is -0.508 e. The number of benzene rings is 2. The van der Waals surface area contributed by atoms with E-state index in [4.69, 9.17) is 10.5 Å². The van der Waals surface area contributed by atoms with Gasteiger partial charge in [0.15, 0.2) is 11.4 Å². The van der Waals surface area contributed by atoms with Crippen LogP contribution in [0.15, 0.2) is 47.2 Å². The molecule has 1 fully saturated rings. The summed E-state index contributed by atoms with van der Waals surface area (Å²) >= 11 is 0. The number of aliphatic hydroxyl groups excluding tert-OH is 2. The first-order chi connectivity index (χ1) is 20.4. The van der Waals surface area contributed by atoms with Gasteiger partial charge in [-0.25, -0.2) is 0 Å². The molecule has 2 aromatic rings. The number of likely N-dealkylation sites (N-methyl/N-ethyl adjacent to an activating group) is 1. The number of hydrogen-bond acceptors (Lipinski definition) is 10. The number of primary amides is 1. The molecule has 5 rings (SSSR count). The van der Waals surface area contributed by atoms with Gasteiger partial charge in [0.25, 0.3) is 5.91 Å². The molecule has 0 saturated heterocycles. The van der Waals surface area contributed by atoms with Crippen molar-refractivity contribution in [3.8, 4) is 22.6 Å². The molecule has 43 heavy (non-hydrogen) atoms. The third-order valence-electron chi connectivity index (χ3n) is 8.73. The third kappa shape index (κ3) is 4.52. The number of hydrogen-bond donors (Lipinski definition) is 6. The largest absolute Gasteiger partial charge is 0.508 e. The quantitative estimate of drug-likeness (QED) is 0.196. The molecule has 0 aliphatic heterocycles. The van der Waals surface area contributed by atoms with E-state index in [1.165, 1.54) is 18.1 Å². The van der Waals surface area contributed by atoms with Crippen LogP contribution >= 0.6 is 0 Å². The molecule has 0 aromatic heterocycles. The summed E-state index contributed by atoms with van der Waals surface area (Å²) in [5.74, 6) is -6.61. The average molecular weight is 596 g/mol. The molecular formula is C31H34FN3O8. The van der Waals surface area contributed by atoms with E-state index < -0.39 is 64.7 Å². The molecule has 4 unspecified atom stereocenters. The Morgan fingerprint density at radius 1 is 1.16 bits per heavy atom. The first kappa shape index (κ1) is 30.1. The Morgan fingerprint density at radius 3 is 2.51 bits per heavy atom. The van der Waals surface area contributed by atoms with Crippen LogP contribution in [0.4, 0.5) is 10.1 Å². The maximum absolute atomic E-state index is 14.0. The van der Waals surface area contributed by atoms with E-state index in [-0.39, 0.29) is 29.7 Å². The number of carbonyl (C=O) groups is 3. The molecule has 7 N–H and O–H groups in total. The number of rotatable bonds is 8. The Morgan fingerprint density at radius 2 is 1.88 bits per heavy atom. The van der Waals surface area contributed by atoms with Crippen molar-refractivity contribution in [3.63, 3.8) is 0 Å². The number of nitrogens with zero attached hydrogens (tertiary/aromatic N) is 1. The van der Waals surface area contributed by atoms with Crippen LogP contribution in [-0.4, -0.2) is 88.9 Å². The van der Waals surface area contributed by atoms with Crippen molar-refractivity contribution < 1.29 is 43.9 Å². The van der Waals surface area contributed by atoms with Crippen LogP contribution in [-0.2, 0) is 20.8 Å². The Balaban J connectivity index is 1.69. The van der Waals surface area contributed by atoms with Crippen LogP contribution in [0.5, 0.6) is 11.5 Å². The summed E-state index contributed by atoms with van der Waals surface area (Å²) < 4.78 is 18.3. The predicted octanol–water partition coefficient (Wildman–Crippen LogP) is 2.41. The summed E-state index contributed by atoms with van der Waals surface area (Å²) in [6.07, 6.45) is 0.423. The Bertz CT molecular complexity index is 1600. The zero-order chi connectivity index (χ0) is 31.4. The molecule has 0 radical (unpaired) electrons. The van der Waals surface area contributed by atoms with E-state index in [9.17, 15) is 39.2 Å². The van der Waals surface area contributed by atoms with Crippen molar-refractivity contribution in [2.24, 2.45) is 17.6 Å². The molecule has 11 nitrogen and oxygen atoms in total. The standard InChI is InChI=1S/C31H34FN3O8/c1-35(2)25-19-12-14-11-18-16(17-13-15(34-10-4-9-32)5-8-21(17)43-3)6-7-20(36)23(18)26(37)22(14)28(39)31(19,42)29(40)24(27(25)38)30(33)41/h5-8,13-14,19,25,34,36-37,40,42H,4,9-12H2,1-3H3,(H2,33,41). The lowest BCUT2D eigenvalue weighted by atomic mass is 9.57. The Labute approximate surface area is 247 Å². The van der Waals surface area contributed by atoms with Crippen molar-refractivity contribution in [2.75, 3.05) is 39.7 Å². The number of alkyl halides is 1. The number of halogens is 1. The smallest absolute Gasteiger partial charge is 0.255 e. The van der Waals surface area contributed by atoms with Crippen molar-refractivity contribution in [1.29, 1.82) is 0 Å². The number of ketones is 2. The molecule has 2 aromatic carbocycles. The van der Waals surface area contributed by atoms with Gasteiger partial charge in [-0.3, -0.25) is 23.7 Å².